The Hall–Kier alpha value is -4.58. The van der Waals surface area contributed by atoms with E-state index in [4.69, 9.17) is 9.98 Å². The normalized spacial score (nSPS) is 14.3. The fraction of sp³-hybridized carbons (Fsp3) is 0.235. The number of carbonyl (C=O) groups is 1. The number of fused-ring (bicyclic) bond motifs is 2. The quantitative estimate of drug-likeness (QED) is 0.215. The average Bonchev–Trinajstić information content (AvgIpc) is 3.57. The summed E-state index contributed by atoms with van der Waals surface area (Å²) in [7, 11) is 0. The molecule has 3 aromatic carbocycles. The van der Waals surface area contributed by atoms with E-state index in [2.05, 4.69) is 84.6 Å². The molecule has 0 spiro atoms. The monoisotopic (exact) mass is 527 g/mol. The molecule has 3 heterocycles. The van der Waals surface area contributed by atoms with Gasteiger partial charge in [0, 0.05) is 35.6 Å². The molecule has 0 radical (unpaired) electrons. The first-order valence-corrected chi connectivity index (χ1v) is 14.1. The number of pyridine rings is 1. The van der Waals surface area contributed by atoms with Crippen molar-refractivity contribution in [3.63, 3.8) is 0 Å². The Morgan fingerprint density at radius 1 is 0.925 bits per heavy atom. The van der Waals surface area contributed by atoms with E-state index < -0.39 is 0 Å². The van der Waals surface area contributed by atoms with Crippen LogP contribution in [0.25, 0.3) is 33.3 Å². The molecule has 0 aliphatic carbocycles. The van der Waals surface area contributed by atoms with E-state index in [1.807, 2.05) is 18.2 Å². The molecule has 0 fully saturated rings. The van der Waals surface area contributed by atoms with Crippen LogP contribution in [0.3, 0.4) is 0 Å². The van der Waals surface area contributed by atoms with Gasteiger partial charge in [0.15, 0.2) is 5.82 Å². The Morgan fingerprint density at radius 2 is 1.77 bits per heavy atom. The number of para-hydroxylation sites is 1. The van der Waals surface area contributed by atoms with Crippen molar-refractivity contribution < 1.29 is 4.79 Å². The molecule has 2 N–H and O–H groups in total. The summed E-state index contributed by atoms with van der Waals surface area (Å²) in [5, 5.41) is 3.11. The number of amides is 1. The highest BCUT2D eigenvalue weighted by atomic mass is 16.1. The minimum absolute atomic E-state index is 0.0438. The fourth-order valence-corrected chi connectivity index (χ4v) is 5.43. The Balaban J connectivity index is 1.38. The van der Waals surface area contributed by atoms with Crippen LogP contribution >= 0.6 is 0 Å². The van der Waals surface area contributed by atoms with Gasteiger partial charge in [-0.25, -0.2) is 4.98 Å². The van der Waals surface area contributed by atoms with Gasteiger partial charge in [-0.1, -0.05) is 50.6 Å². The number of anilines is 1. The molecule has 0 bridgehead atoms. The number of aromatic amines is 1. The summed E-state index contributed by atoms with van der Waals surface area (Å²) in [6, 6.07) is 23.1. The third kappa shape index (κ3) is 4.93. The maximum absolute atomic E-state index is 12.5. The third-order valence-corrected chi connectivity index (χ3v) is 7.59. The van der Waals surface area contributed by atoms with E-state index in [-0.39, 0.29) is 11.9 Å². The molecular weight excluding hydrogens is 494 g/mol. The van der Waals surface area contributed by atoms with Gasteiger partial charge in [-0.3, -0.25) is 14.8 Å². The van der Waals surface area contributed by atoms with Crippen LogP contribution in [0, 0.1) is 0 Å². The fourth-order valence-electron chi connectivity index (χ4n) is 5.43. The molecule has 1 atom stereocenters. The molecule has 6 nitrogen and oxygen atoms in total. The number of imidazole rings is 1. The molecule has 1 aliphatic heterocycles. The lowest BCUT2D eigenvalue weighted by molar-refractivity contribution is -0.116. The van der Waals surface area contributed by atoms with Crippen molar-refractivity contribution in [1.82, 2.24) is 15.0 Å². The van der Waals surface area contributed by atoms with Crippen LogP contribution in [0.2, 0.25) is 0 Å². The lowest BCUT2D eigenvalue weighted by Gasteiger charge is -2.12. The van der Waals surface area contributed by atoms with Crippen LogP contribution in [-0.2, 0) is 11.2 Å². The number of rotatable bonds is 8. The average molecular weight is 528 g/mol. The summed E-state index contributed by atoms with van der Waals surface area (Å²) in [4.78, 5) is 30.2. The highest BCUT2D eigenvalue weighted by Crippen LogP contribution is 2.36. The van der Waals surface area contributed by atoms with Crippen LogP contribution < -0.4 is 5.32 Å². The lowest BCUT2D eigenvalue weighted by Crippen LogP contribution is -2.11. The van der Waals surface area contributed by atoms with Crippen molar-refractivity contribution in [3.8, 4) is 22.3 Å². The highest BCUT2D eigenvalue weighted by Gasteiger charge is 2.26. The minimum atomic E-state index is 0.0438. The summed E-state index contributed by atoms with van der Waals surface area (Å²) in [5.41, 5.74) is 11.4. The second-order valence-corrected chi connectivity index (χ2v) is 10.4. The molecule has 5 aromatic rings. The van der Waals surface area contributed by atoms with E-state index in [1.54, 1.807) is 12.4 Å². The molecule has 6 heteroatoms. The first-order valence-electron chi connectivity index (χ1n) is 14.1. The SMILES string of the molecule is CCCCC(=O)Nc1cc(CC)cc(-c2ccc3c(c2)C(c2nc4c(-c5ccncc5)cccc4[nH]2)=NC3C)c1. The largest absolute Gasteiger partial charge is 0.337 e. The van der Waals surface area contributed by atoms with Gasteiger partial charge in [0.05, 0.1) is 17.1 Å². The summed E-state index contributed by atoms with van der Waals surface area (Å²) in [6.07, 6.45) is 6.93. The van der Waals surface area contributed by atoms with Gasteiger partial charge < -0.3 is 10.3 Å². The Labute approximate surface area is 234 Å². The molecule has 0 saturated heterocycles. The summed E-state index contributed by atoms with van der Waals surface area (Å²) >= 11 is 0. The van der Waals surface area contributed by atoms with Crippen LogP contribution in [0.1, 0.15) is 68.6 Å². The van der Waals surface area contributed by atoms with E-state index in [0.29, 0.717) is 6.42 Å². The third-order valence-electron chi connectivity index (χ3n) is 7.59. The zero-order chi connectivity index (χ0) is 27.6. The molecule has 6 rings (SSSR count). The van der Waals surface area contributed by atoms with Gasteiger partial charge in [0.25, 0.3) is 0 Å². The Morgan fingerprint density at radius 3 is 2.58 bits per heavy atom. The van der Waals surface area contributed by atoms with Gasteiger partial charge in [-0.2, -0.15) is 0 Å². The van der Waals surface area contributed by atoms with Crippen LogP contribution in [0.15, 0.2) is 84.1 Å². The van der Waals surface area contributed by atoms with Crippen molar-refractivity contribution in [2.24, 2.45) is 4.99 Å². The van der Waals surface area contributed by atoms with Crippen molar-refractivity contribution in [2.45, 2.75) is 52.5 Å². The minimum Gasteiger partial charge on any atom is -0.337 e. The topological polar surface area (TPSA) is 83.0 Å². The van der Waals surface area contributed by atoms with E-state index in [0.717, 1.165) is 75.3 Å². The zero-order valence-corrected chi connectivity index (χ0v) is 23.2. The molecule has 1 aliphatic rings. The number of aryl methyl sites for hydroxylation is 1. The Bertz CT molecular complexity index is 1730. The van der Waals surface area contributed by atoms with Gasteiger partial charge in [0.2, 0.25) is 5.91 Å². The maximum atomic E-state index is 12.5. The van der Waals surface area contributed by atoms with E-state index >= 15 is 0 Å². The van der Waals surface area contributed by atoms with Crippen molar-refractivity contribution in [2.75, 3.05) is 5.32 Å². The molecule has 40 heavy (non-hydrogen) atoms. The van der Waals surface area contributed by atoms with Crippen LogP contribution in [0.4, 0.5) is 5.69 Å². The number of nitrogens with zero attached hydrogens (tertiary/aromatic N) is 3. The number of H-pyrrole nitrogens is 1. The first-order chi connectivity index (χ1) is 19.5. The van der Waals surface area contributed by atoms with Gasteiger partial charge >= 0.3 is 0 Å². The summed E-state index contributed by atoms with van der Waals surface area (Å²) < 4.78 is 0. The number of benzene rings is 3. The number of aliphatic imine (C=N–C) groups is 1. The molecule has 200 valence electrons. The number of carbonyl (C=O) groups excluding carboxylic acids is 1. The maximum Gasteiger partial charge on any atom is 0.224 e. The first kappa shape index (κ1) is 25.7. The predicted octanol–water partition coefficient (Wildman–Crippen LogP) is 7.90. The van der Waals surface area contributed by atoms with E-state index in [9.17, 15) is 4.79 Å². The molecule has 2 aromatic heterocycles. The van der Waals surface area contributed by atoms with Crippen LogP contribution in [0.5, 0.6) is 0 Å². The number of hydrogen-bond acceptors (Lipinski definition) is 4. The lowest BCUT2D eigenvalue weighted by atomic mass is 9.94. The molecule has 1 amide bonds. The highest BCUT2D eigenvalue weighted by molar-refractivity contribution is 6.15. The van der Waals surface area contributed by atoms with Gasteiger partial charge in [0.1, 0.15) is 5.71 Å². The number of aromatic nitrogens is 3. The summed E-state index contributed by atoms with van der Waals surface area (Å²) in [5.74, 6) is 0.833. The van der Waals surface area contributed by atoms with Crippen molar-refractivity contribution in [3.05, 3.63) is 102 Å². The predicted molar refractivity (Wildman–Crippen MR) is 163 cm³/mol. The Kier molecular flexibility index (Phi) is 6.99. The van der Waals surface area contributed by atoms with Crippen molar-refractivity contribution in [1.29, 1.82) is 0 Å². The second-order valence-electron chi connectivity index (χ2n) is 10.4. The smallest absolute Gasteiger partial charge is 0.224 e. The zero-order valence-electron chi connectivity index (χ0n) is 23.2. The van der Waals surface area contributed by atoms with Gasteiger partial charge in [-0.15, -0.1) is 0 Å². The number of nitrogens with one attached hydrogen (secondary N) is 2. The van der Waals surface area contributed by atoms with Crippen molar-refractivity contribution >= 4 is 28.3 Å². The molecule has 1 unspecified atom stereocenters. The van der Waals surface area contributed by atoms with E-state index in [1.165, 1.54) is 11.1 Å². The molecule has 0 saturated carbocycles. The second kappa shape index (κ2) is 10.9. The van der Waals surface area contributed by atoms with Gasteiger partial charge in [-0.05, 0) is 84.0 Å². The van der Waals surface area contributed by atoms with Crippen LogP contribution in [-0.4, -0.2) is 26.6 Å². The summed E-state index contributed by atoms with van der Waals surface area (Å²) in [6.45, 7) is 6.36. The standard InChI is InChI=1S/C34H33N5O/c1-4-6-10-31(40)37-26-18-22(5-2)17-25(19-26)24-11-12-27-21(3)36-33(29(27)20-24)34-38-30-9-7-8-28(32(30)39-34)23-13-15-35-16-14-23/h7-9,11-21H,4-6,10H2,1-3H3,(H,37,40)(H,38,39). The number of hydrogen-bond donors (Lipinski definition) is 2. The number of unbranched alkanes of at least 4 members (excludes halogenated alkanes) is 1. The molecular formula is C34H33N5O.